The van der Waals surface area contributed by atoms with Crippen LogP contribution in [-0.4, -0.2) is 47.5 Å². The second-order valence-corrected chi connectivity index (χ2v) is 8.17. The SMILES string of the molecule is Cc1cc(C(=O)Nc2nc3c(s2)CN(C(=O)c2ccc(N(C)C)cc2)CC3)no1. The van der Waals surface area contributed by atoms with Crippen molar-refractivity contribution in [2.24, 2.45) is 0 Å². The Morgan fingerprint density at radius 3 is 2.66 bits per heavy atom. The highest BCUT2D eigenvalue weighted by Crippen LogP contribution is 2.29. The predicted octanol–water partition coefficient (Wildman–Crippen LogP) is 2.96. The average Bonchev–Trinajstić information content (AvgIpc) is 3.32. The van der Waals surface area contributed by atoms with Crippen LogP contribution in [0.4, 0.5) is 10.8 Å². The molecule has 0 spiro atoms. The molecule has 0 fully saturated rings. The summed E-state index contributed by atoms with van der Waals surface area (Å²) < 4.78 is 4.93. The topological polar surface area (TPSA) is 91.6 Å². The van der Waals surface area contributed by atoms with Gasteiger partial charge in [0.25, 0.3) is 11.8 Å². The smallest absolute Gasteiger partial charge is 0.279 e. The first-order chi connectivity index (χ1) is 13.9. The number of hydrogen-bond donors (Lipinski definition) is 1. The molecule has 0 radical (unpaired) electrons. The minimum atomic E-state index is -0.359. The number of rotatable bonds is 4. The lowest BCUT2D eigenvalue weighted by molar-refractivity contribution is 0.0736. The number of aromatic nitrogens is 2. The van der Waals surface area contributed by atoms with E-state index in [1.807, 2.05) is 48.2 Å². The molecule has 0 aliphatic carbocycles. The molecule has 4 rings (SSSR count). The van der Waals surface area contributed by atoms with Crippen molar-refractivity contribution in [1.82, 2.24) is 15.0 Å². The first-order valence-corrected chi connectivity index (χ1v) is 10.0. The molecule has 1 aromatic carbocycles. The van der Waals surface area contributed by atoms with Gasteiger partial charge in [-0.2, -0.15) is 0 Å². The van der Waals surface area contributed by atoms with E-state index in [4.69, 9.17) is 4.52 Å². The van der Waals surface area contributed by atoms with E-state index in [-0.39, 0.29) is 17.5 Å². The Labute approximate surface area is 172 Å². The third-order valence-electron chi connectivity index (χ3n) is 4.73. The number of aryl methyl sites for hydroxylation is 1. The van der Waals surface area contributed by atoms with E-state index in [2.05, 4.69) is 15.5 Å². The number of benzene rings is 1. The summed E-state index contributed by atoms with van der Waals surface area (Å²) in [5, 5.41) is 6.98. The van der Waals surface area contributed by atoms with Gasteiger partial charge in [-0.15, -0.1) is 0 Å². The highest BCUT2D eigenvalue weighted by molar-refractivity contribution is 7.15. The minimum Gasteiger partial charge on any atom is -0.378 e. The molecule has 1 aliphatic heterocycles. The van der Waals surface area contributed by atoms with Crippen molar-refractivity contribution in [3.8, 4) is 0 Å². The Hall–Kier alpha value is -3.20. The second kappa shape index (κ2) is 7.67. The standard InChI is InChI=1S/C20H21N5O3S/c1-12-10-16(23-28-12)18(26)22-20-21-15-8-9-25(11-17(15)29-20)19(27)13-4-6-14(7-5-13)24(2)3/h4-7,10H,8-9,11H2,1-3H3,(H,21,22,26). The Kier molecular flexibility index (Phi) is 5.06. The molecule has 0 atom stereocenters. The molecule has 1 aliphatic rings. The zero-order valence-corrected chi connectivity index (χ0v) is 17.2. The predicted molar refractivity (Wildman–Crippen MR) is 111 cm³/mol. The lowest BCUT2D eigenvalue weighted by atomic mass is 10.1. The van der Waals surface area contributed by atoms with Crippen LogP contribution in [0.3, 0.4) is 0 Å². The number of nitrogens with zero attached hydrogens (tertiary/aromatic N) is 4. The third-order valence-corrected chi connectivity index (χ3v) is 5.73. The van der Waals surface area contributed by atoms with Crippen LogP contribution in [0.2, 0.25) is 0 Å². The van der Waals surface area contributed by atoms with Crippen LogP contribution in [0.5, 0.6) is 0 Å². The van der Waals surface area contributed by atoms with Gasteiger partial charge in [0, 0.05) is 49.3 Å². The molecule has 0 bridgehead atoms. The highest BCUT2D eigenvalue weighted by atomic mass is 32.1. The lowest BCUT2D eigenvalue weighted by Crippen LogP contribution is -2.35. The number of nitrogens with one attached hydrogen (secondary N) is 1. The number of fused-ring (bicyclic) bond motifs is 1. The van der Waals surface area contributed by atoms with Crippen molar-refractivity contribution in [2.75, 3.05) is 30.9 Å². The van der Waals surface area contributed by atoms with Crippen LogP contribution in [-0.2, 0) is 13.0 Å². The summed E-state index contributed by atoms with van der Waals surface area (Å²) in [5.41, 5.74) is 2.86. The summed E-state index contributed by atoms with van der Waals surface area (Å²) in [6, 6.07) is 9.16. The molecule has 9 heteroatoms. The van der Waals surface area contributed by atoms with Gasteiger partial charge < -0.3 is 14.3 Å². The Bertz CT molecular complexity index is 1050. The van der Waals surface area contributed by atoms with Crippen LogP contribution < -0.4 is 10.2 Å². The van der Waals surface area contributed by atoms with Crippen molar-refractivity contribution < 1.29 is 14.1 Å². The summed E-state index contributed by atoms with van der Waals surface area (Å²) in [6.45, 7) is 2.81. The van der Waals surface area contributed by atoms with Gasteiger partial charge in [0.05, 0.1) is 12.2 Å². The second-order valence-electron chi connectivity index (χ2n) is 7.08. The minimum absolute atomic E-state index is 0.00184. The summed E-state index contributed by atoms with van der Waals surface area (Å²) in [5.74, 6) is 0.209. The Morgan fingerprint density at radius 2 is 2.00 bits per heavy atom. The lowest BCUT2D eigenvalue weighted by Gasteiger charge is -2.26. The van der Waals surface area contributed by atoms with E-state index < -0.39 is 0 Å². The fourth-order valence-electron chi connectivity index (χ4n) is 3.14. The van der Waals surface area contributed by atoms with Gasteiger partial charge >= 0.3 is 0 Å². The monoisotopic (exact) mass is 411 g/mol. The van der Waals surface area contributed by atoms with Gasteiger partial charge in [-0.25, -0.2) is 4.98 Å². The number of carbonyl (C=O) groups excluding carboxylic acids is 2. The van der Waals surface area contributed by atoms with E-state index in [1.165, 1.54) is 11.3 Å². The van der Waals surface area contributed by atoms with Crippen LogP contribution in [0.1, 0.15) is 37.2 Å². The number of thiazole rings is 1. The maximum absolute atomic E-state index is 12.9. The fourth-order valence-corrected chi connectivity index (χ4v) is 4.16. The Morgan fingerprint density at radius 1 is 1.24 bits per heavy atom. The number of hydrogen-bond acceptors (Lipinski definition) is 7. The molecule has 8 nitrogen and oxygen atoms in total. The van der Waals surface area contributed by atoms with Gasteiger partial charge in [-0.3, -0.25) is 14.9 Å². The van der Waals surface area contributed by atoms with E-state index in [9.17, 15) is 9.59 Å². The number of anilines is 2. The van der Waals surface area contributed by atoms with Gasteiger partial charge in [-0.1, -0.05) is 16.5 Å². The van der Waals surface area contributed by atoms with Crippen molar-refractivity contribution >= 4 is 34.0 Å². The van der Waals surface area contributed by atoms with Crippen molar-refractivity contribution in [3.63, 3.8) is 0 Å². The molecule has 150 valence electrons. The third kappa shape index (κ3) is 4.00. The van der Waals surface area contributed by atoms with E-state index in [1.54, 1.807) is 13.0 Å². The van der Waals surface area contributed by atoms with Gasteiger partial charge in [0.2, 0.25) is 0 Å². The van der Waals surface area contributed by atoms with E-state index >= 15 is 0 Å². The maximum atomic E-state index is 12.9. The Balaban J connectivity index is 1.44. The van der Waals surface area contributed by atoms with Crippen LogP contribution in [0.25, 0.3) is 0 Å². The summed E-state index contributed by atoms with van der Waals surface area (Å²) in [7, 11) is 3.93. The molecule has 2 amide bonds. The van der Waals surface area contributed by atoms with E-state index in [0.717, 1.165) is 16.3 Å². The first kappa shape index (κ1) is 19.1. The largest absolute Gasteiger partial charge is 0.378 e. The molecule has 3 aromatic rings. The zero-order chi connectivity index (χ0) is 20.5. The van der Waals surface area contributed by atoms with Crippen molar-refractivity contribution in [2.45, 2.75) is 19.9 Å². The molecule has 0 saturated heterocycles. The quantitative estimate of drug-likeness (QED) is 0.710. The zero-order valence-electron chi connectivity index (χ0n) is 16.4. The molecular formula is C20H21N5O3S. The maximum Gasteiger partial charge on any atom is 0.279 e. The average molecular weight is 411 g/mol. The molecule has 29 heavy (non-hydrogen) atoms. The number of amides is 2. The van der Waals surface area contributed by atoms with Gasteiger partial charge in [0.1, 0.15) is 5.76 Å². The molecule has 2 aromatic heterocycles. The molecular weight excluding hydrogens is 390 g/mol. The highest BCUT2D eigenvalue weighted by Gasteiger charge is 2.25. The molecule has 3 heterocycles. The summed E-state index contributed by atoms with van der Waals surface area (Å²) in [4.78, 5) is 34.4. The van der Waals surface area contributed by atoms with Crippen LogP contribution in [0.15, 0.2) is 34.9 Å². The van der Waals surface area contributed by atoms with Gasteiger partial charge in [0.15, 0.2) is 10.8 Å². The summed E-state index contributed by atoms with van der Waals surface area (Å²) in [6.07, 6.45) is 0.659. The van der Waals surface area contributed by atoms with Crippen molar-refractivity contribution in [1.29, 1.82) is 0 Å². The first-order valence-electron chi connectivity index (χ1n) is 9.20. The molecule has 0 unspecified atom stereocenters. The molecule has 1 N–H and O–H groups in total. The van der Waals surface area contributed by atoms with Crippen LogP contribution >= 0.6 is 11.3 Å². The van der Waals surface area contributed by atoms with Crippen LogP contribution in [0, 0.1) is 6.92 Å². The fraction of sp³-hybridized carbons (Fsp3) is 0.300. The normalized spacial score (nSPS) is 13.1. The van der Waals surface area contributed by atoms with E-state index in [0.29, 0.717) is 36.0 Å². The van der Waals surface area contributed by atoms with Crippen molar-refractivity contribution in [3.05, 3.63) is 57.9 Å². The van der Waals surface area contributed by atoms with Gasteiger partial charge in [-0.05, 0) is 31.2 Å². The molecule has 0 saturated carbocycles. The number of carbonyl (C=O) groups is 2. The summed E-state index contributed by atoms with van der Waals surface area (Å²) >= 11 is 1.39.